The van der Waals surface area contributed by atoms with Crippen LogP contribution in [0, 0.1) is 13.8 Å². The van der Waals surface area contributed by atoms with Crippen LogP contribution in [0.3, 0.4) is 0 Å². The molecule has 7 heteroatoms. The Kier molecular flexibility index (Phi) is 3.08. The summed E-state index contributed by atoms with van der Waals surface area (Å²) in [5.41, 5.74) is 7.43. The van der Waals surface area contributed by atoms with Crippen LogP contribution in [-0.2, 0) is 0 Å². The summed E-state index contributed by atoms with van der Waals surface area (Å²) < 4.78 is 2.32. The van der Waals surface area contributed by atoms with Gasteiger partial charge in [-0.2, -0.15) is 5.10 Å². The van der Waals surface area contributed by atoms with Crippen molar-refractivity contribution < 1.29 is 9.90 Å². The summed E-state index contributed by atoms with van der Waals surface area (Å²) in [6.45, 7) is 3.65. The number of pyridine rings is 1. The molecule has 18 heavy (non-hydrogen) atoms. The third kappa shape index (κ3) is 1.97. The Morgan fingerprint density at radius 3 is 2.67 bits per heavy atom. The molecule has 0 fully saturated rings. The number of aryl methyl sites for hydroxylation is 1. The number of nitrogens with zero attached hydrogens (tertiary/aromatic N) is 3. The van der Waals surface area contributed by atoms with Gasteiger partial charge in [0.15, 0.2) is 5.82 Å². The zero-order chi connectivity index (χ0) is 13.4. The number of carboxylic acids is 1. The molecule has 3 N–H and O–H groups in total. The molecule has 94 valence electrons. The lowest BCUT2D eigenvalue weighted by atomic mass is 10.2. The van der Waals surface area contributed by atoms with E-state index in [2.05, 4.69) is 26.0 Å². The summed E-state index contributed by atoms with van der Waals surface area (Å²) in [6.07, 6.45) is 1.41. The van der Waals surface area contributed by atoms with Gasteiger partial charge in [-0.15, -0.1) is 0 Å². The molecule has 0 atom stereocenters. The zero-order valence-corrected chi connectivity index (χ0v) is 11.4. The number of carboxylic acid groups (broad SMARTS) is 1. The predicted octanol–water partition coefficient (Wildman–Crippen LogP) is 1.93. The van der Waals surface area contributed by atoms with E-state index in [0.717, 1.165) is 15.9 Å². The lowest BCUT2D eigenvalue weighted by Crippen LogP contribution is -2.11. The molecule has 2 aromatic heterocycles. The lowest BCUT2D eigenvalue weighted by molar-refractivity contribution is 0.0696. The van der Waals surface area contributed by atoms with Gasteiger partial charge in [0.1, 0.15) is 5.56 Å². The molecule has 0 aromatic carbocycles. The Morgan fingerprint density at radius 1 is 1.50 bits per heavy atom. The highest BCUT2D eigenvalue weighted by atomic mass is 79.9. The summed E-state index contributed by atoms with van der Waals surface area (Å²) >= 11 is 3.39. The molecule has 0 bridgehead atoms. The summed E-state index contributed by atoms with van der Waals surface area (Å²) in [6, 6.07) is 1.37. The SMILES string of the molecule is Cc1nn(-c2ncc(N)cc2C(=O)O)c(C)c1Br. The second kappa shape index (κ2) is 4.41. The standard InChI is InChI=1S/C11H11BrN4O2/c1-5-9(12)6(2)16(15-5)10-8(11(17)18)3-7(13)4-14-10/h3-4H,13H2,1-2H3,(H,17,18). The minimum Gasteiger partial charge on any atom is -0.478 e. The zero-order valence-electron chi connectivity index (χ0n) is 9.81. The third-order valence-corrected chi connectivity index (χ3v) is 3.67. The van der Waals surface area contributed by atoms with E-state index >= 15 is 0 Å². The largest absolute Gasteiger partial charge is 0.478 e. The van der Waals surface area contributed by atoms with Crippen LogP contribution in [0.1, 0.15) is 21.7 Å². The first kappa shape index (κ1) is 12.6. The fourth-order valence-corrected chi connectivity index (χ4v) is 1.88. The molecule has 0 unspecified atom stereocenters. The van der Waals surface area contributed by atoms with Crippen molar-refractivity contribution in [2.45, 2.75) is 13.8 Å². The van der Waals surface area contributed by atoms with Crippen molar-refractivity contribution in [2.24, 2.45) is 0 Å². The number of aromatic nitrogens is 3. The first-order valence-electron chi connectivity index (χ1n) is 5.12. The molecule has 2 rings (SSSR count). The highest BCUT2D eigenvalue weighted by Gasteiger charge is 2.18. The van der Waals surface area contributed by atoms with E-state index in [4.69, 9.17) is 5.73 Å². The van der Waals surface area contributed by atoms with Crippen LogP contribution in [0.2, 0.25) is 0 Å². The van der Waals surface area contributed by atoms with Crippen LogP contribution in [-0.4, -0.2) is 25.8 Å². The van der Waals surface area contributed by atoms with Crippen molar-refractivity contribution >= 4 is 27.6 Å². The highest BCUT2D eigenvalue weighted by molar-refractivity contribution is 9.10. The average Bonchev–Trinajstić information content (AvgIpc) is 2.57. The highest BCUT2D eigenvalue weighted by Crippen LogP contribution is 2.24. The fraction of sp³-hybridized carbons (Fsp3) is 0.182. The van der Waals surface area contributed by atoms with Crippen LogP contribution < -0.4 is 5.73 Å². The fourth-order valence-electron chi connectivity index (χ4n) is 1.63. The maximum Gasteiger partial charge on any atom is 0.339 e. The Bertz CT molecular complexity index is 636. The van der Waals surface area contributed by atoms with Gasteiger partial charge in [-0.3, -0.25) is 0 Å². The third-order valence-electron chi connectivity index (χ3n) is 2.52. The minimum atomic E-state index is -1.09. The Labute approximate surface area is 112 Å². The van der Waals surface area contributed by atoms with Crippen molar-refractivity contribution in [3.63, 3.8) is 0 Å². The summed E-state index contributed by atoms with van der Waals surface area (Å²) in [7, 11) is 0. The number of aromatic carboxylic acids is 1. The van der Waals surface area contributed by atoms with E-state index in [-0.39, 0.29) is 11.4 Å². The number of rotatable bonds is 2. The number of nitrogen functional groups attached to an aromatic ring is 1. The molecular weight excluding hydrogens is 300 g/mol. The number of hydrogen-bond acceptors (Lipinski definition) is 4. The number of anilines is 1. The van der Waals surface area contributed by atoms with Gasteiger partial charge in [0, 0.05) is 0 Å². The summed E-state index contributed by atoms with van der Waals surface area (Å²) in [5, 5.41) is 13.4. The van der Waals surface area contributed by atoms with E-state index in [1.807, 2.05) is 13.8 Å². The van der Waals surface area contributed by atoms with E-state index in [1.54, 1.807) is 0 Å². The minimum absolute atomic E-state index is 0.0214. The van der Waals surface area contributed by atoms with Crippen LogP contribution in [0.25, 0.3) is 5.82 Å². The van der Waals surface area contributed by atoms with Crippen LogP contribution in [0.15, 0.2) is 16.7 Å². The molecule has 0 spiro atoms. The van der Waals surface area contributed by atoms with Crippen LogP contribution in [0.5, 0.6) is 0 Å². The smallest absolute Gasteiger partial charge is 0.339 e. The molecule has 0 saturated heterocycles. The number of nitrogens with two attached hydrogens (primary N) is 1. The van der Waals surface area contributed by atoms with Gasteiger partial charge >= 0.3 is 5.97 Å². The molecule has 2 heterocycles. The second-order valence-corrected chi connectivity index (χ2v) is 4.63. The molecule has 0 amide bonds. The predicted molar refractivity (Wildman–Crippen MR) is 69.9 cm³/mol. The van der Waals surface area contributed by atoms with Gasteiger partial charge in [-0.25, -0.2) is 14.5 Å². The van der Waals surface area contributed by atoms with Crippen molar-refractivity contribution in [1.29, 1.82) is 0 Å². The maximum atomic E-state index is 11.2. The van der Waals surface area contributed by atoms with Gasteiger partial charge in [0.25, 0.3) is 0 Å². The molecule has 2 aromatic rings. The summed E-state index contributed by atoms with van der Waals surface area (Å²) in [4.78, 5) is 15.3. The molecule has 0 aliphatic rings. The van der Waals surface area contributed by atoms with Crippen molar-refractivity contribution in [1.82, 2.24) is 14.8 Å². The van der Waals surface area contributed by atoms with E-state index < -0.39 is 5.97 Å². The Balaban J connectivity index is 2.71. The number of halogens is 1. The van der Waals surface area contributed by atoms with Gasteiger partial charge in [0.05, 0.1) is 27.7 Å². The number of hydrogen-bond donors (Lipinski definition) is 2. The lowest BCUT2D eigenvalue weighted by Gasteiger charge is -2.07. The van der Waals surface area contributed by atoms with Gasteiger partial charge in [-0.05, 0) is 35.8 Å². The first-order valence-corrected chi connectivity index (χ1v) is 5.92. The van der Waals surface area contributed by atoms with Gasteiger partial charge < -0.3 is 10.8 Å². The number of carbonyl (C=O) groups is 1. The van der Waals surface area contributed by atoms with Crippen LogP contribution in [0.4, 0.5) is 5.69 Å². The second-order valence-electron chi connectivity index (χ2n) is 3.84. The summed E-state index contributed by atoms with van der Waals surface area (Å²) in [5.74, 6) is -0.837. The molecule has 0 aliphatic heterocycles. The van der Waals surface area contributed by atoms with Crippen molar-refractivity contribution in [3.05, 3.63) is 33.7 Å². The van der Waals surface area contributed by atoms with Gasteiger partial charge in [0.2, 0.25) is 0 Å². The maximum absolute atomic E-state index is 11.2. The monoisotopic (exact) mass is 310 g/mol. The van der Waals surface area contributed by atoms with Crippen molar-refractivity contribution in [3.8, 4) is 5.82 Å². The Hall–Kier alpha value is -1.89. The quantitative estimate of drug-likeness (QED) is 0.884. The van der Waals surface area contributed by atoms with Gasteiger partial charge in [-0.1, -0.05) is 0 Å². The average molecular weight is 311 g/mol. The van der Waals surface area contributed by atoms with E-state index in [1.165, 1.54) is 16.9 Å². The molecule has 0 aliphatic carbocycles. The topological polar surface area (TPSA) is 94.0 Å². The van der Waals surface area contributed by atoms with Crippen molar-refractivity contribution in [2.75, 3.05) is 5.73 Å². The van der Waals surface area contributed by atoms with E-state index in [9.17, 15) is 9.90 Å². The molecule has 6 nitrogen and oxygen atoms in total. The first-order chi connectivity index (χ1) is 8.41. The molecule has 0 radical (unpaired) electrons. The van der Waals surface area contributed by atoms with Crippen LogP contribution >= 0.6 is 15.9 Å². The Morgan fingerprint density at radius 2 is 2.17 bits per heavy atom. The molecule has 0 saturated carbocycles. The molecular formula is C11H11BrN4O2. The normalized spacial score (nSPS) is 10.6. The van der Waals surface area contributed by atoms with E-state index in [0.29, 0.717) is 5.69 Å².